The van der Waals surface area contributed by atoms with E-state index in [0.717, 1.165) is 48.4 Å². The first kappa shape index (κ1) is 16.3. The summed E-state index contributed by atoms with van der Waals surface area (Å²) in [4.78, 5) is 15.5. The monoisotopic (exact) mass is 340 g/mol. The van der Waals surface area contributed by atoms with Crippen LogP contribution in [0.25, 0.3) is 11.0 Å². The maximum Gasteiger partial charge on any atom is 0.113 e. The molecule has 0 bridgehead atoms. The molecule has 3 heterocycles. The van der Waals surface area contributed by atoms with Crippen molar-refractivity contribution >= 4 is 16.7 Å². The molecule has 1 fully saturated rings. The van der Waals surface area contributed by atoms with Gasteiger partial charge in [0.25, 0.3) is 0 Å². The first-order chi connectivity index (χ1) is 12.8. The highest BCUT2D eigenvalue weighted by Gasteiger charge is 2.14. The van der Waals surface area contributed by atoms with E-state index in [-0.39, 0.29) is 0 Å². The Morgan fingerprint density at radius 1 is 1.00 bits per heavy atom. The van der Waals surface area contributed by atoms with Gasteiger partial charge in [-0.05, 0) is 62.1 Å². The molecule has 26 heavy (non-hydrogen) atoms. The van der Waals surface area contributed by atoms with Crippen LogP contribution in [0.15, 0.2) is 60.4 Å². The molecule has 1 saturated heterocycles. The van der Waals surface area contributed by atoms with Crippen LogP contribution in [0.1, 0.15) is 24.2 Å². The number of pyridine rings is 1. The Balaban J connectivity index is 1.42. The fourth-order valence-corrected chi connectivity index (χ4v) is 3.17. The molecule has 1 aliphatic heterocycles. The second-order valence-corrected chi connectivity index (χ2v) is 6.45. The van der Waals surface area contributed by atoms with Crippen LogP contribution >= 0.6 is 0 Å². The average molecular weight is 340 g/mol. The summed E-state index contributed by atoms with van der Waals surface area (Å²) >= 11 is 0. The highest BCUT2D eigenvalue weighted by Crippen LogP contribution is 2.24. The summed E-state index contributed by atoms with van der Waals surface area (Å²) in [6, 6.07) is 12.2. The lowest BCUT2D eigenvalue weighted by molar-refractivity contribution is 0.686. The van der Waals surface area contributed by atoms with Crippen molar-refractivity contribution in [2.75, 3.05) is 18.0 Å². The number of allylic oxidation sites excluding steroid dienone is 1. The number of aromatic nitrogens is 3. The van der Waals surface area contributed by atoms with Gasteiger partial charge in [-0.2, -0.15) is 0 Å². The minimum absolute atomic E-state index is 0.830. The molecule has 1 aromatic carbocycles. The molecular weight excluding hydrogens is 320 g/mol. The third-order valence-corrected chi connectivity index (χ3v) is 4.59. The zero-order valence-corrected chi connectivity index (χ0v) is 14.8. The molecule has 4 rings (SSSR count). The SMILES string of the molecule is Cc1cccc(C#CC=C2CCN(c3ccc4nccnc4c3)CC2)n1. The Bertz CT molecular complexity index is 1020. The normalized spacial score (nSPS) is 14.0. The zero-order chi connectivity index (χ0) is 17.8. The summed E-state index contributed by atoms with van der Waals surface area (Å²) < 4.78 is 0. The zero-order valence-electron chi connectivity index (χ0n) is 14.8. The molecule has 0 saturated carbocycles. The lowest BCUT2D eigenvalue weighted by Gasteiger charge is -2.30. The Hall–Kier alpha value is -3.19. The third kappa shape index (κ3) is 3.73. The van der Waals surface area contributed by atoms with Gasteiger partial charge in [0.15, 0.2) is 0 Å². The van der Waals surface area contributed by atoms with Gasteiger partial charge in [-0.15, -0.1) is 0 Å². The Labute approximate surface area is 153 Å². The Morgan fingerprint density at radius 2 is 1.81 bits per heavy atom. The van der Waals surface area contributed by atoms with Crippen molar-refractivity contribution < 1.29 is 0 Å². The largest absolute Gasteiger partial charge is 0.371 e. The van der Waals surface area contributed by atoms with Gasteiger partial charge in [0, 0.05) is 36.9 Å². The molecule has 2 aromatic heterocycles. The van der Waals surface area contributed by atoms with Crippen molar-refractivity contribution in [3.8, 4) is 11.8 Å². The smallest absolute Gasteiger partial charge is 0.113 e. The van der Waals surface area contributed by atoms with Gasteiger partial charge < -0.3 is 4.90 Å². The van der Waals surface area contributed by atoms with Gasteiger partial charge >= 0.3 is 0 Å². The summed E-state index contributed by atoms with van der Waals surface area (Å²) in [6.45, 7) is 3.99. The van der Waals surface area contributed by atoms with Crippen molar-refractivity contribution in [2.45, 2.75) is 19.8 Å². The molecule has 128 valence electrons. The summed E-state index contributed by atoms with van der Waals surface area (Å²) in [7, 11) is 0. The summed E-state index contributed by atoms with van der Waals surface area (Å²) in [5.41, 5.74) is 6.33. The van der Waals surface area contributed by atoms with Crippen molar-refractivity contribution in [1.82, 2.24) is 15.0 Å². The standard InChI is InChI=1S/C22H20N4/c1-17-4-2-6-19(25-17)7-3-5-18-10-14-26(15-11-18)20-8-9-21-22(16-20)24-13-12-23-21/h2,4-6,8-9,12-13,16H,10-11,14-15H2,1H3. The maximum absolute atomic E-state index is 4.41. The second kappa shape index (κ2) is 7.37. The minimum Gasteiger partial charge on any atom is -0.371 e. The van der Waals surface area contributed by atoms with Crippen LogP contribution in [-0.2, 0) is 0 Å². The van der Waals surface area contributed by atoms with E-state index in [1.807, 2.05) is 31.2 Å². The van der Waals surface area contributed by atoms with Crippen LogP contribution in [0, 0.1) is 18.8 Å². The van der Waals surface area contributed by atoms with Gasteiger partial charge in [0.1, 0.15) is 5.69 Å². The molecular formula is C22H20N4. The minimum atomic E-state index is 0.830. The van der Waals surface area contributed by atoms with Crippen LogP contribution in [0.3, 0.4) is 0 Å². The molecule has 4 nitrogen and oxygen atoms in total. The average Bonchev–Trinajstić information content (AvgIpc) is 2.68. The quantitative estimate of drug-likeness (QED) is 0.630. The number of benzene rings is 1. The molecule has 0 aliphatic carbocycles. The number of fused-ring (bicyclic) bond motifs is 1. The van der Waals surface area contributed by atoms with Gasteiger partial charge in [-0.25, -0.2) is 4.98 Å². The lowest BCUT2D eigenvalue weighted by Crippen LogP contribution is -2.30. The fraction of sp³-hybridized carbons (Fsp3) is 0.227. The molecule has 1 aliphatic rings. The van der Waals surface area contributed by atoms with Gasteiger partial charge in [0.2, 0.25) is 0 Å². The van der Waals surface area contributed by atoms with Crippen LogP contribution in [-0.4, -0.2) is 28.0 Å². The second-order valence-electron chi connectivity index (χ2n) is 6.45. The van der Waals surface area contributed by atoms with Crippen molar-refractivity contribution in [2.24, 2.45) is 0 Å². The Morgan fingerprint density at radius 3 is 2.62 bits per heavy atom. The predicted molar refractivity (Wildman–Crippen MR) is 105 cm³/mol. The van der Waals surface area contributed by atoms with Crippen molar-refractivity contribution in [3.05, 3.63) is 71.8 Å². The van der Waals surface area contributed by atoms with E-state index < -0.39 is 0 Å². The van der Waals surface area contributed by atoms with E-state index in [0.29, 0.717) is 0 Å². The number of anilines is 1. The van der Waals surface area contributed by atoms with Gasteiger partial charge in [0.05, 0.1) is 11.0 Å². The van der Waals surface area contributed by atoms with Crippen LogP contribution in [0.5, 0.6) is 0 Å². The molecule has 0 unspecified atom stereocenters. The van der Waals surface area contributed by atoms with Crippen molar-refractivity contribution in [1.29, 1.82) is 0 Å². The molecule has 3 aromatic rings. The molecule has 0 amide bonds. The maximum atomic E-state index is 4.41. The Kier molecular flexibility index (Phi) is 4.61. The highest BCUT2D eigenvalue weighted by molar-refractivity contribution is 5.78. The van der Waals surface area contributed by atoms with E-state index in [1.54, 1.807) is 12.4 Å². The number of rotatable bonds is 1. The summed E-state index contributed by atoms with van der Waals surface area (Å²) in [5.74, 6) is 6.30. The van der Waals surface area contributed by atoms with Gasteiger partial charge in [-0.3, -0.25) is 9.97 Å². The van der Waals surface area contributed by atoms with E-state index in [2.05, 4.69) is 49.9 Å². The molecule has 0 radical (unpaired) electrons. The van der Waals surface area contributed by atoms with Gasteiger partial charge in [-0.1, -0.05) is 17.6 Å². The number of hydrogen-bond donors (Lipinski definition) is 0. The predicted octanol–water partition coefficient (Wildman–Crippen LogP) is 3.91. The third-order valence-electron chi connectivity index (χ3n) is 4.59. The van der Waals surface area contributed by atoms with Crippen LogP contribution in [0.2, 0.25) is 0 Å². The fourth-order valence-electron chi connectivity index (χ4n) is 3.17. The molecule has 0 atom stereocenters. The molecule has 0 N–H and O–H groups in total. The molecule has 0 spiro atoms. The first-order valence-electron chi connectivity index (χ1n) is 8.87. The van der Waals surface area contributed by atoms with Crippen molar-refractivity contribution in [3.63, 3.8) is 0 Å². The van der Waals surface area contributed by atoms with E-state index in [9.17, 15) is 0 Å². The highest BCUT2D eigenvalue weighted by atomic mass is 15.1. The van der Waals surface area contributed by atoms with Crippen LogP contribution in [0.4, 0.5) is 5.69 Å². The number of piperidine rings is 1. The van der Waals surface area contributed by atoms with Crippen LogP contribution < -0.4 is 4.90 Å². The first-order valence-corrected chi connectivity index (χ1v) is 8.87. The van der Waals surface area contributed by atoms with E-state index in [1.165, 1.54) is 11.3 Å². The number of aryl methyl sites for hydroxylation is 1. The summed E-state index contributed by atoms with van der Waals surface area (Å²) in [6.07, 6.45) is 7.61. The van der Waals surface area contributed by atoms with E-state index in [4.69, 9.17) is 0 Å². The number of hydrogen-bond acceptors (Lipinski definition) is 4. The lowest BCUT2D eigenvalue weighted by atomic mass is 10.0. The summed E-state index contributed by atoms with van der Waals surface area (Å²) in [5, 5.41) is 0. The molecule has 4 heteroatoms. The topological polar surface area (TPSA) is 41.9 Å². The number of nitrogens with zero attached hydrogens (tertiary/aromatic N) is 4. The van der Waals surface area contributed by atoms with E-state index >= 15 is 0 Å².